The number of rotatable bonds is 7. The summed E-state index contributed by atoms with van der Waals surface area (Å²) in [6.45, 7) is 10.6. The van der Waals surface area contributed by atoms with Crippen LogP contribution in [0.3, 0.4) is 0 Å². The summed E-state index contributed by atoms with van der Waals surface area (Å²) in [5, 5.41) is 16.4. The molecule has 1 fully saturated rings. The third kappa shape index (κ3) is 6.24. The van der Waals surface area contributed by atoms with Crippen LogP contribution in [0.2, 0.25) is 0 Å². The highest BCUT2D eigenvalue weighted by Crippen LogP contribution is 2.12. The Bertz CT molecular complexity index is 536. The molecular weight excluding hydrogens is 300 g/mol. The number of likely N-dealkylation sites (tertiary alicyclic amines) is 1. The molecule has 0 aliphatic carbocycles. The largest absolute Gasteiger partial charge is 0.508 e. The van der Waals surface area contributed by atoms with Gasteiger partial charge < -0.3 is 15.7 Å². The van der Waals surface area contributed by atoms with E-state index < -0.39 is 0 Å². The molecule has 0 atom stereocenters. The Hall–Kier alpha value is -2.01. The van der Waals surface area contributed by atoms with Gasteiger partial charge in [0.2, 0.25) is 0 Å². The molecule has 0 unspecified atom stereocenters. The Balaban J connectivity index is 1.81. The summed E-state index contributed by atoms with van der Waals surface area (Å²) in [5.74, 6) is 1.20. The molecule has 0 spiro atoms. The van der Waals surface area contributed by atoms with Gasteiger partial charge in [-0.15, -0.1) is 6.58 Å². The Labute approximate surface area is 145 Å². The van der Waals surface area contributed by atoms with Gasteiger partial charge in [-0.2, -0.15) is 0 Å². The third-order valence-electron chi connectivity index (χ3n) is 4.24. The molecule has 0 bridgehead atoms. The fourth-order valence-electron chi connectivity index (χ4n) is 2.96. The van der Waals surface area contributed by atoms with Crippen LogP contribution in [-0.2, 0) is 6.42 Å². The molecular formula is C19H30N4O. The van der Waals surface area contributed by atoms with Crippen LogP contribution in [0.15, 0.2) is 41.9 Å². The highest BCUT2D eigenvalue weighted by Gasteiger charge is 2.18. The van der Waals surface area contributed by atoms with Crippen molar-refractivity contribution in [3.63, 3.8) is 0 Å². The summed E-state index contributed by atoms with van der Waals surface area (Å²) < 4.78 is 0. The number of guanidine groups is 1. The predicted octanol–water partition coefficient (Wildman–Crippen LogP) is 2.14. The van der Waals surface area contributed by atoms with Crippen molar-refractivity contribution in [1.29, 1.82) is 0 Å². The number of aromatic hydroxyl groups is 1. The van der Waals surface area contributed by atoms with Gasteiger partial charge in [0.1, 0.15) is 5.75 Å². The lowest BCUT2D eigenvalue weighted by molar-refractivity contribution is 0.225. The zero-order chi connectivity index (χ0) is 17.2. The van der Waals surface area contributed by atoms with E-state index in [1.165, 1.54) is 0 Å². The zero-order valence-corrected chi connectivity index (χ0v) is 14.7. The molecule has 2 rings (SSSR count). The molecule has 132 valence electrons. The topological polar surface area (TPSA) is 59.9 Å². The summed E-state index contributed by atoms with van der Waals surface area (Å²) >= 11 is 0. The molecule has 0 saturated carbocycles. The molecule has 0 amide bonds. The molecule has 1 aliphatic heterocycles. The van der Waals surface area contributed by atoms with Crippen LogP contribution in [0.1, 0.15) is 25.3 Å². The Morgan fingerprint density at radius 1 is 1.42 bits per heavy atom. The molecule has 24 heavy (non-hydrogen) atoms. The maximum Gasteiger partial charge on any atom is 0.191 e. The van der Waals surface area contributed by atoms with Gasteiger partial charge >= 0.3 is 0 Å². The fraction of sp³-hybridized carbons (Fsp3) is 0.526. The number of aliphatic imine (C=N–C) groups is 1. The molecule has 3 N–H and O–H groups in total. The van der Waals surface area contributed by atoms with Crippen molar-refractivity contribution in [3.05, 3.63) is 42.5 Å². The minimum absolute atomic E-state index is 0.313. The summed E-state index contributed by atoms with van der Waals surface area (Å²) in [4.78, 5) is 7.10. The van der Waals surface area contributed by atoms with E-state index >= 15 is 0 Å². The lowest BCUT2D eigenvalue weighted by atomic mass is 10.1. The smallest absolute Gasteiger partial charge is 0.191 e. The standard InChI is InChI=1S/C19H30N4O/c1-3-12-23-13-9-17(10-14-23)22-19(20-4-2)21-11-8-16-6-5-7-18(24)15-16/h3,5-7,15,17,24H,1,4,8-14H2,2H3,(H2,20,21,22). The second kappa shape index (κ2) is 9.98. The van der Waals surface area contributed by atoms with Crippen LogP contribution in [0.5, 0.6) is 5.75 Å². The number of piperidine rings is 1. The monoisotopic (exact) mass is 330 g/mol. The molecule has 1 saturated heterocycles. The van der Waals surface area contributed by atoms with Crippen molar-refractivity contribution in [3.8, 4) is 5.75 Å². The fourth-order valence-corrected chi connectivity index (χ4v) is 2.96. The number of phenolic OH excluding ortho intramolecular Hbond substituents is 1. The number of hydrogen-bond acceptors (Lipinski definition) is 3. The lowest BCUT2D eigenvalue weighted by Gasteiger charge is -2.32. The Kier molecular flexibility index (Phi) is 7.62. The van der Waals surface area contributed by atoms with Crippen molar-refractivity contribution in [2.24, 2.45) is 4.99 Å². The van der Waals surface area contributed by atoms with Crippen LogP contribution in [-0.4, -0.2) is 54.7 Å². The second-order valence-corrected chi connectivity index (χ2v) is 6.19. The summed E-state index contributed by atoms with van der Waals surface area (Å²) in [7, 11) is 0. The first-order valence-electron chi connectivity index (χ1n) is 8.87. The summed E-state index contributed by atoms with van der Waals surface area (Å²) in [6.07, 6.45) is 5.05. The molecule has 1 aromatic rings. The summed E-state index contributed by atoms with van der Waals surface area (Å²) in [6, 6.07) is 7.85. The maximum absolute atomic E-state index is 9.51. The quantitative estimate of drug-likeness (QED) is 0.407. The highest BCUT2D eigenvalue weighted by molar-refractivity contribution is 5.80. The van der Waals surface area contributed by atoms with Gasteiger partial charge in [-0.1, -0.05) is 18.2 Å². The first-order chi connectivity index (χ1) is 11.7. The van der Waals surface area contributed by atoms with Gasteiger partial charge in [-0.05, 0) is 43.9 Å². The van der Waals surface area contributed by atoms with Gasteiger partial charge in [-0.3, -0.25) is 9.89 Å². The van der Waals surface area contributed by atoms with Crippen LogP contribution < -0.4 is 10.6 Å². The average Bonchev–Trinajstić information content (AvgIpc) is 2.57. The van der Waals surface area contributed by atoms with Crippen LogP contribution in [0.4, 0.5) is 0 Å². The van der Waals surface area contributed by atoms with Crippen LogP contribution in [0, 0.1) is 0 Å². The van der Waals surface area contributed by atoms with E-state index in [0.717, 1.165) is 57.0 Å². The van der Waals surface area contributed by atoms with E-state index in [4.69, 9.17) is 0 Å². The Morgan fingerprint density at radius 3 is 2.88 bits per heavy atom. The van der Waals surface area contributed by atoms with Crippen molar-refractivity contribution >= 4 is 5.96 Å². The van der Waals surface area contributed by atoms with E-state index in [9.17, 15) is 5.11 Å². The minimum atomic E-state index is 0.313. The van der Waals surface area contributed by atoms with E-state index in [2.05, 4.69) is 34.0 Å². The molecule has 0 radical (unpaired) electrons. The SMILES string of the molecule is C=CCN1CCC(NC(=NCCc2cccc(O)c2)NCC)CC1. The van der Waals surface area contributed by atoms with Crippen molar-refractivity contribution in [1.82, 2.24) is 15.5 Å². The number of hydrogen-bond donors (Lipinski definition) is 3. The van der Waals surface area contributed by atoms with E-state index in [1.807, 2.05) is 18.2 Å². The zero-order valence-electron chi connectivity index (χ0n) is 14.7. The number of phenols is 1. The van der Waals surface area contributed by atoms with Crippen molar-refractivity contribution in [2.75, 3.05) is 32.7 Å². The number of benzene rings is 1. The number of nitrogens with one attached hydrogen (secondary N) is 2. The minimum Gasteiger partial charge on any atom is -0.508 e. The first-order valence-corrected chi connectivity index (χ1v) is 8.87. The molecule has 5 heteroatoms. The maximum atomic E-state index is 9.51. The third-order valence-corrected chi connectivity index (χ3v) is 4.24. The van der Waals surface area contributed by atoms with E-state index in [1.54, 1.807) is 12.1 Å². The second-order valence-electron chi connectivity index (χ2n) is 6.19. The van der Waals surface area contributed by atoms with E-state index in [-0.39, 0.29) is 0 Å². The van der Waals surface area contributed by atoms with Gasteiger partial charge in [0, 0.05) is 38.8 Å². The molecule has 1 aliphatic rings. The van der Waals surface area contributed by atoms with Gasteiger partial charge in [0.25, 0.3) is 0 Å². The van der Waals surface area contributed by atoms with Crippen LogP contribution in [0.25, 0.3) is 0 Å². The normalized spacial score (nSPS) is 16.8. The molecule has 1 aromatic carbocycles. The predicted molar refractivity (Wildman–Crippen MR) is 101 cm³/mol. The van der Waals surface area contributed by atoms with Crippen molar-refractivity contribution < 1.29 is 5.11 Å². The molecule has 1 heterocycles. The highest BCUT2D eigenvalue weighted by atomic mass is 16.3. The van der Waals surface area contributed by atoms with Crippen LogP contribution >= 0.6 is 0 Å². The van der Waals surface area contributed by atoms with Gasteiger partial charge in [0.05, 0.1) is 0 Å². The van der Waals surface area contributed by atoms with E-state index in [0.29, 0.717) is 18.3 Å². The molecule has 0 aromatic heterocycles. The lowest BCUT2D eigenvalue weighted by Crippen LogP contribution is -2.48. The van der Waals surface area contributed by atoms with Gasteiger partial charge in [-0.25, -0.2) is 0 Å². The van der Waals surface area contributed by atoms with Gasteiger partial charge in [0.15, 0.2) is 5.96 Å². The van der Waals surface area contributed by atoms with Crippen molar-refractivity contribution in [2.45, 2.75) is 32.2 Å². The molecule has 5 nitrogen and oxygen atoms in total. The first kappa shape index (κ1) is 18.3. The average molecular weight is 330 g/mol. The summed E-state index contributed by atoms with van der Waals surface area (Å²) in [5.41, 5.74) is 1.10. The Morgan fingerprint density at radius 2 is 2.21 bits per heavy atom. The number of nitrogens with zero attached hydrogens (tertiary/aromatic N) is 2.